The maximum atomic E-state index is 13.2. The van der Waals surface area contributed by atoms with E-state index >= 15 is 0 Å². The highest BCUT2D eigenvalue weighted by Gasteiger charge is 2.45. The number of hydrogen-bond acceptors (Lipinski definition) is 5. The van der Waals surface area contributed by atoms with Crippen molar-refractivity contribution in [1.29, 1.82) is 0 Å². The van der Waals surface area contributed by atoms with E-state index < -0.39 is 11.9 Å². The molecule has 2 aromatic carbocycles. The predicted octanol–water partition coefficient (Wildman–Crippen LogP) is 3.03. The largest absolute Gasteiger partial charge is 0.586 e. The summed E-state index contributed by atoms with van der Waals surface area (Å²) in [5, 5.41) is 11.5. The number of likely N-dealkylation sites (tertiary alicyclic amines) is 1. The quantitative estimate of drug-likeness (QED) is 0.870. The summed E-state index contributed by atoms with van der Waals surface area (Å²) in [4.78, 5) is 4.26. The first-order valence-corrected chi connectivity index (χ1v) is 9.32. The molecule has 2 aliphatic rings. The molecule has 0 amide bonds. The van der Waals surface area contributed by atoms with Crippen LogP contribution < -0.4 is 9.47 Å². The van der Waals surface area contributed by atoms with Crippen LogP contribution in [-0.2, 0) is 12.1 Å². The lowest BCUT2D eigenvalue weighted by molar-refractivity contribution is -0.286. The number of piperidine rings is 1. The van der Waals surface area contributed by atoms with Crippen molar-refractivity contribution in [2.75, 3.05) is 27.2 Å². The van der Waals surface area contributed by atoms with Gasteiger partial charge in [0.2, 0.25) is 0 Å². The van der Waals surface area contributed by atoms with Crippen molar-refractivity contribution in [3.8, 4) is 11.5 Å². The van der Waals surface area contributed by atoms with Crippen LogP contribution in [0.15, 0.2) is 48.5 Å². The zero-order chi connectivity index (χ0) is 19.9. The summed E-state index contributed by atoms with van der Waals surface area (Å²) >= 11 is 0. The fourth-order valence-electron chi connectivity index (χ4n) is 4.13. The van der Waals surface area contributed by atoms with Gasteiger partial charge in [-0.3, -0.25) is 4.90 Å². The Morgan fingerprint density at radius 3 is 2.54 bits per heavy atom. The normalized spacial score (nSPS) is 26.6. The van der Waals surface area contributed by atoms with Gasteiger partial charge in [-0.25, -0.2) is 0 Å². The Morgan fingerprint density at radius 2 is 1.82 bits per heavy atom. The average Bonchev–Trinajstić information content (AvgIpc) is 2.97. The second-order valence-corrected chi connectivity index (χ2v) is 7.70. The fraction of sp³-hybridized carbons (Fsp3) is 0.429. The summed E-state index contributed by atoms with van der Waals surface area (Å²) in [6, 6.07) is 14.5. The van der Waals surface area contributed by atoms with E-state index in [4.69, 9.17) is 0 Å². The van der Waals surface area contributed by atoms with Gasteiger partial charge in [-0.05, 0) is 43.8 Å². The monoisotopic (exact) mass is 390 g/mol. The van der Waals surface area contributed by atoms with Crippen LogP contribution in [0.1, 0.15) is 17.5 Å². The van der Waals surface area contributed by atoms with Gasteiger partial charge in [0.25, 0.3) is 0 Å². The van der Waals surface area contributed by atoms with E-state index in [0.29, 0.717) is 26.1 Å². The number of aliphatic hydroxyl groups is 1. The van der Waals surface area contributed by atoms with Gasteiger partial charge in [-0.1, -0.05) is 36.4 Å². The van der Waals surface area contributed by atoms with Crippen molar-refractivity contribution >= 4 is 0 Å². The zero-order valence-corrected chi connectivity index (χ0v) is 15.9. The molecule has 1 fully saturated rings. The highest BCUT2D eigenvalue weighted by molar-refractivity contribution is 5.45. The van der Waals surface area contributed by atoms with Crippen LogP contribution in [0, 0.1) is 0 Å². The maximum Gasteiger partial charge on any atom is 0.586 e. The summed E-state index contributed by atoms with van der Waals surface area (Å²) in [5.41, 5.74) is 0.847. The average molecular weight is 390 g/mol. The minimum Gasteiger partial charge on any atom is -0.395 e. The van der Waals surface area contributed by atoms with Gasteiger partial charge in [0.1, 0.15) is 5.60 Å². The van der Waals surface area contributed by atoms with Crippen LogP contribution in [0.25, 0.3) is 0 Å². The van der Waals surface area contributed by atoms with E-state index in [1.165, 1.54) is 6.07 Å². The van der Waals surface area contributed by atoms with E-state index in [2.05, 4.69) is 14.4 Å². The molecule has 1 N–H and O–H groups in total. The molecule has 5 nitrogen and oxygen atoms in total. The van der Waals surface area contributed by atoms with E-state index in [0.717, 1.165) is 11.1 Å². The number of rotatable bonds is 4. The molecule has 2 aliphatic heterocycles. The molecule has 2 aromatic rings. The Morgan fingerprint density at radius 1 is 1.11 bits per heavy atom. The van der Waals surface area contributed by atoms with Gasteiger partial charge >= 0.3 is 6.29 Å². The third-order valence-corrected chi connectivity index (χ3v) is 5.56. The summed E-state index contributed by atoms with van der Waals surface area (Å²) in [7, 11) is 3.93. The number of halogens is 2. The molecule has 28 heavy (non-hydrogen) atoms. The minimum absolute atomic E-state index is 0.0528. The Hall–Kier alpha value is -2.22. The van der Waals surface area contributed by atoms with E-state index in [9.17, 15) is 13.9 Å². The van der Waals surface area contributed by atoms with Gasteiger partial charge in [0, 0.05) is 19.6 Å². The number of likely N-dealkylation sites (N-methyl/N-ethyl adjacent to an activating group) is 1. The number of fused-ring (bicyclic) bond motifs is 1. The van der Waals surface area contributed by atoms with Gasteiger partial charge in [-0.15, -0.1) is 8.78 Å². The summed E-state index contributed by atoms with van der Waals surface area (Å²) in [6.45, 7) is 1.93. The predicted molar refractivity (Wildman–Crippen MR) is 100 cm³/mol. The van der Waals surface area contributed by atoms with Crippen molar-refractivity contribution in [3.63, 3.8) is 0 Å². The van der Waals surface area contributed by atoms with Crippen molar-refractivity contribution in [2.45, 2.75) is 30.9 Å². The molecule has 0 aromatic heterocycles. The van der Waals surface area contributed by atoms with Crippen LogP contribution in [0.2, 0.25) is 0 Å². The molecule has 4 rings (SSSR count). The first-order chi connectivity index (χ1) is 13.3. The molecule has 0 bridgehead atoms. The Bertz CT molecular complexity index is 847. The molecule has 0 spiro atoms. The van der Waals surface area contributed by atoms with Crippen LogP contribution in [0.3, 0.4) is 0 Å². The van der Waals surface area contributed by atoms with Gasteiger partial charge in [0.15, 0.2) is 11.5 Å². The van der Waals surface area contributed by atoms with Crippen LogP contribution >= 0.6 is 0 Å². The molecule has 1 saturated heterocycles. The van der Waals surface area contributed by atoms with Gasteiger partial charge < -0.3 is 19.5 Å². The summed E-state index contributed by atoms with van der Waals surface area (Å²) < 4.78 is 35.5. The lowest BCUT2D eigenvalue weighted by Gasteiger charge is -2.47. The molecular formula is C21H24F2N2O3. The molecule has 0 saturated carbocycles. The molecule has 150 valence electrons. The summed E-state index contributed by atoms with van der Waals surface area (Å²) in [6.07, 6.45) is -3.02. The second kappa shape index (κ2) is 6.99. The molecule has 0 aliphatic carbocycles. The molecule has 2 heterocycles. The lowest BCUT2D eigenvalue weighted by atomic mass is 9.79. The second-order valence-electron chi connectivity index (χ2n) is 7.70. The Kier molecular flexibility index (Phi) is 4.77. The van der Waals surface area contributed by atoms with E-state index in [1.54, 1.807) is 12.1 Å². The van der Waals surface area contributed by atoms with Gasteiger partial charge in [0.05, 0.1) is 6.04 Å². The number of alkyl halides is 2. The standard InChI is InChI=1S/C21H24F2N2O3/c1-24(2)19-14-25(11-10-20(19,26)16-6-4-3-5-7-16)13-15-8-9-17-18(12-15)28-21(22,23)27-17/h3-9,12,19,26H,10-11,13-14H2,1-2H3/t19-,20+/m1/s1. The molecule has 0 radical (unpaired) electrons. The van der Waals surface area contributed by atoms with Crippen LogP contribution in [0.5, 0.6) is 11.5 Å². The van der Waals surface area contributed by atoms with Crippen molar-refractivity contribution < 1.29 is 23.4 Å². The highest BCUT2D eigenvalue weighted by Crippen LogP contribution is 2.42. The van der Waals surface area contributed by atoms with Gasteiger partial charge in [-0.2, -0.15) is 0 Å². The highest BCUT2D eigenvalue weighted by atomic mass is 19.3. The molecule has 2 atom stereocenters. The zero-order valence-electron chi connectivity index (χ0n) is 15.9. The van der Waals surface area contributed by atoms with Crippen molar-refractivity contribution in [3.05, 3.63) is 59.7 Å². The Balaban J connectivity index is 1.50. The maximum absolute atomic E-state index is 13.2. The third kappa shape index (κ3) is 3.57. The molecular weight excluding hydrogens is 366 g/mol. The number of hydrogen-bond donors (Lipinski definition) is 1. The Labute approximate surface area is 163 Å². The van der Waals surface area contributed by atoms with Crippen molar-refractivity contribution in [1.82, 2.24) is 9.80 Å². The van der Waals surface area contributed by atoms with Crippen molar-refractivity contribution in [2.24, 2.45) is 0 Å². The third-order valence-electron chi connectivity index (χ3n) is 5.56. The first kappa shape index (κ1) is 19.1. The van der Waals surface area contributed by atoms with Crippen LogP contribution in [-0.4, -0.2) is 54.4 Å². The summed E-state index contributed by atoms with van der Waals surface area (Å²) in [5.74, 6) is 0.112. The van der Waals surface area contributed by atoms with Crippen LogP contribution in [0.4, 0.5) is 8.78 Å². The molecule has 0 unspecified atom stereocenters. The SMILES string of the molecule is CN(C)[C@@H]1CN(Cc2ccc3c(c2)OC(F)(F)O3)CC[C@]1(O)c1ccccc1. The topological polar surface area (TPSA) is 45.2 Å². The van der Waals surface area contributed by atoms with E-state index in [-0.39, 0.29) is 17.5 Å². The fourth-order valence-corrected chi connectivity index (χ4v) is 4.13. The lowest BCUT2D eigenvalue weighted by Crippen LogP contribution is -2.58. The number of ether oxygens (including phenoxy) is 2. The smallest absolute Gasteiger partial charge is 0.395 e. The first-order valence-electron chi connectivity index (χ1n) is 9.32. The number of nitrogens with zero attached hydrogens (tertiary/aromatic N) is 2. The number of benzene rings is 2. The minimum atomic E-state index is -3.60. The molecule has 7 heteroatoms. The van der Waals surface area contributed by atoms with E-state index in [1.807, 2.05) is 49.3 Å².